The third kappa shape index (κ3) is 3.35. The van der Waals surface area contributed by atoms with Crippen molar-refractivity contribution in [1.29, 1.82) is 0 Å². The largest absolute Gasteiger partial charge is 0.312 e. The fraction of sp³-hybridized carbons (Fsp3) is 0.889. The normalized spacial score (nSPS) is 35.5. The van der Waals surface area contributed by atoms with E-state index in [4.69, 9.17) is 0 Å². The van der Waals surface area contributed by atoms with Gasteiger partial charge in [0.2, 0.25) is 0 Å². The minimum atomic E-state index is 0.267. The molecule has 1 N–H and O–H groups in total. The van der Waals surface area contributed by atoms with Gasteiger partial charge in [-0.3, -0.25) is 4.90 Å². The molecule has 3 nitrogen and oxygen atoms in total. The smallest absolute Gasteiger partial charge is 0.0278 e. The molecular formula is C18H33N3. The molecule has 0 aromatic rings. The van der Waals surface area contributed by atoms with Gasteiger partial charge in [0.05, 0.1) is 0 Å². The number of likely N-dealkylation sites (N-methyl/N-ethyl adjacent to an activating group) is 1. The quantitative estimate of drug-likeness (QED) is 0.784. The first-order valence-electron chi connectivity index (χ1n) is 8.81. The van der Waals surface area contributed by atoms with Crippen molar-refractivity contribution in [3.8, 4) is 0 Å². The Bertz CT molecular complexity index is 382. The van der Waals surface area contributed by atoms with Crippen molar-refractivity contribution in [1.82, 2.24) is 15.1 Å². The zero-order valence-electron chi connectivity index (χ0n) is 14.3. The first-order valence-corrected chi connectivity index (χ1v) is 8.81. The summed E-state index contributed by atoms with van der Waals surface area (Å²) in [5, 5.41) is 3.87. The lowest BCUT2D eigenvalue weighted by Gasteiger charge is -2.44. The van der Waals surface area contributed by atoms with E-state index >= 15 is 0 Å². The second-order valence-electron chi connectivity index (χ2n) is 8.22. The Balaban J connectivity index is 1.48. The van der Waals surface area contributed by atoms with Crippen LogP contribution < -0.4 is 5.32 Å². The average molecular weight is 291 g/mol. The number of nitrogens with one attached hydrogen (secondary N) is 1. The van der Waals surface area contributed by atoms with E-state index < -0.39 is 0 Å². The molecule has 3 heteroatoms. The van der Waals surface area contributed by atoms with Crippen molar-refractivity contribution in [2.45, 2.75) is 45.2 Å². The lowest BCUT2D eigenvalue weighted by Crippen LogP contribution is -2.58. The molecule has 2 bridgehead atoms. The van der Waals surface area contributed by atoms with E-state index in [-0.39, 0.29) is 5.54 Å². The van der Waals surface area contributed by atoms with Crippen molar-refractivity contribution >= 4 is 0 Å². The molecule has 0 aromatic carbocycles. The van der Waals surface area contributed by atoms with Crippen LogP contribution in [0.25, 0.3) is 0 Å². The maximum Gasteiger partial charge on any atom is 0.0278 e. The highest BCUT2D eigenvalue weighted by atomic mass is 15.3. The molecule has 2 fully saturated rings. The minimum absolute atomic E-state index is 0.267. The van der Waals surface area contributed by atoms with Gasteiger partial charge in [-0.1, -0.05) is 12.2 Å². The molecule has 4 unspecified atom stereocenters. The zero-order valence-corrected chi connectivity index (χ0v) is 14.3. The summed E-state index contributed by atoms with van der Waals surface area (Å²) >= 11 is 0. The van der Waals surface area contributed by atoms with Crippen molar-refractivity contribution in [2.75, 3.05) is 39.8 Å². The Morgan fingerprint density at radius 1 is 1.14 bits per heavy atom. The fourth-order valence-corrected chi connectivity index (χ4v) is 4.48. The van der Waals surface area contributed by atoms with Gasteiger partial charge in [-0.2, -0.15) is 0 Å². The molecule has 3 aliphatic rings. The number of hydrogen-bond donors (Lipinski definition) is 1. The van der Waals surface area contributed by atoms with E-state index in [1.165, 1.54) is 39.0 Å². The van der Waals surface area contributed by atoms with Crippen LogP contribution in [0.3, 0.4) is 0 Å². The first kappa shape index (κ1) is 15.5. The van der Waals surface area contributed by atoms with Crippen LogP contribution in [0.1, 0.15) is 33.6 Å². The Hall–Kier alpha value is -0.380. The maximum atomic E-state index is 3.87. The van der Waals surface area contributed by atoms with E-state index in [9.17, 15) is 0 Å². The number of rotatable bonds is 5. The molecule has 120 valence electrons. The summed E-state index contributed by atoms with van der Waals surface area (Å²) in [4.78, 5) is 5.09. The Kier molecular flexibility index (Phi) is 4.45. The van der Waals surface area contributed by atoms with Gasteiger partial charge < -0.3 is 10.2 Å². The van der Waals surface area contributed by atoms with Crippen LogP contribution in [0.4, 0.5) is 0 Å². The topological polar surface area (TPSA) is 18.5 Å². The average Bonchev–Trinajstić information content (AvgIpc) is 3.08. The third-order valence-electron chi connectivity index (χ3n) is 6.19. The van der Waals surface area contributed by atoms with E-state index in [0.29, 0.717) is 6.04 Å². The Morgan fingerprint density at radius 2 is 1.86 bits per heavy atom. The van der Waals surface area contributed by atoms with E-state index in [0.717, 1.165) is 24.3 Å². The van der Waals surface area contributed by atoms with E-state index in [1.807, 2.05) is 0 Å². The number of piperazine rings is 1. The molecular weight excluding hydrogens is 258 g/mol. The summed E-state index contributed by atoms with van der Waals surface area (Å²) in [5.41, 5.74) is 0.267. The van der Waals surface area contributed by atoms with Crippen LogP contribution in [0.5, 0.6) is 0 Å². The molecule has 2 aliphatic carbocycles. The minimum Gasteiger partial charge on any atom is -0.312 e. The molecule has 1 aliphatic heterocycles. The molecule has 0 spiro atoms. The van der Waals surface area contributed by atoms with E-state index in [1.54, 1.807) is 0 Å². The van der Waals surface area contributed by atoms with Gasteiger partial charge in [0.25, 0.3) is 0 Å². The van der Waals surface area contributed by atoms with Crippen molar-refractivity contribution in [3.05, 3.63) is 12.2 Å². The predicted molar refractivity (Wildman–Crippen MR) is 89.5 cm³/mol. The number of allylic oxidation sites excluding steroid dienone is 2. The number of hydrogen-bond acceptors (Lipinski definition) is 3. The van der Waals surface area contributed by atoms with Gasteiger partial charge in [-0.25, -0.2) is 0 Å². The number of nitrogens with zero attached hydrogens (tertiary/aromatic N) is 2. The summed E-state index contributed by atoms with van der Waals surface area (Å²) in [6.45, 7) is 13.1. The molecule has 1 heterocycles. The van der Waals surface area contributed by atoms with Gasteiger partial charge in [-0.15, -0.1) is 0 Å². The molecule has 4 atom stereocenters. The zero-order chi connectivity index (χ0) is 15.0. The lowest BCUT2D eigenvalue weighted by molar-refractivity contribution is 0.0586. The summed E-state index contributed by atoms with van der Waals surface area (Å²) < 4.78 is 0. The van der Waals surface area contributed by atoms with Crippen LogP contribution in [0.2, 0.25) is 0 Å². The highest BCUT2D eigenvalue weighted by Crippen LogP contribution is 2.44. The van der Waals surface area contributed by atoms with Crippen LogP contribution in [0.15, 0.2) is 12.2 Å². The standard InChI is InChI=1S/C18H33N3/c1-14(17-12-15-5-6-16(17)11-15)19-13-18(2,3)21-9-7-20(4)8-10-21/h5-6,14-17,19H,7-13H2,1-4H3. The second kappa shape index (κ2) is 6.02. The summed E-state index contributed by atoms with van der Waals surface area (Å²) in [6.07, 6.45) is 7.74. The fourth-order valence-electron chi connectivity index (χ4n) is 4.48. The summed E-state index contributed by atoms with van der Waals surface area (Å²) in [5.74, 6) is 2.60. The Morgan fingerprint density at radius 3 is 2.43 bits per heavy atom. The molecule has 21 heavy (non-hydrogen) atoms. The van der Waals surface area contributed by atoms with Gasteiger partial charge in [0, 0.05) is 44.3 Å². The van der Waals surface area contributed by atoms with Gasteiger partial charge in [0.15, 0.2) is 0 Å². The SMILES string of the molecule is CC(NCC(C)(C)N1CCN(C)CC1)C1CC2C=CC1C2. The van der Waals surface area contributed by atoms with Gasteiger partial charge >= 0.3 is 0 Å². The summed E-state index contributed by atoms with van der Waals surface area (Å²) in [6, 6.07) is 0.650. The second-order valence-corrected chi connectivity index (χ2v) is 8.22. The van der Waals surface area contributed by atoms with Crippen LogP contribution in [0, 0.1) is 17.8 Å². The highest BCUT2D eigenvalue weighted by Gasteiger charge is 2.39. The maximum absolute atomic E-state index is 3.87. The molecule has 1 saturated heterocycles. The predicted octanol–water partition coefficient (Wildman–Crippen LogP) is 2.20. The molecule has 0 radical (unpaired) electrons. The monoisotopic (exact) mass is 291 g/mol. The molecule has 3 rings (SSSR count). The molecule has 0 amide bonds. The van der Waals surface area contributed by atoms with Crippen molar-refractivity contribution in [2.24, 2.45) is 17.8 Å². The molecule has 0 aromatic heterocycles. The van der Waals surface area contributed by atoms with Crippen molar-refractivity contribution < 1.29 is 0 Å². The van der Waals surface area contributed by atoms with Crippen LogP contribution >= 0.6 is 0 Å². The highest BCUT2D eigenvalue weighted by molar-refractivity contribution is 5.11. The summed E-state index contributed by atoms with van der Waals surface area (Å²) in [7, 11) is 2.23. The molecule has 1 saturated carbocycles. The Labute approximate surface area is 130 Å². The van der Waals surface area contributed by atoms with E-state index in [2.05, 4.69) is 55.1 Å². The third-order valence-corrected chi connectivity index (χ3v) is 6.19. The first-order chi connectivity index (χ1) is 9.95. The lowest BCUT2D eigenvalue weighted by atomic mass is 9.87. The van der Waals surface area contributed by atoms with Crippen LogP contribution in [-0.4, -0.2) is 61.2 Å². The van der Waals surface area contributed by atoms with Crippen LogP contribution in [-0.2, 0) is 0 Å². The van der Waals surface area contributed by atoms with Gasteiger partial charge in [-0.05, 0) is 58.4 Å². The number of fused-ring (bicyclic) bond motifs is 2. The van der Waals surface area contributed by atoms with Crippen molar-refractivity contribution in [3.63, 3.8) is 0 Å². The van der Waals surface area contributed by atoms with Gasteiger partial charge in [0.1, 0.15) is 0 Å².